The molecule has 1 aromatic heterocycles. The Morgan fingerprint density at radius 3 is 2.39 bits per heavy atom. The number of rotatable bonds is 10. The summed E-state index contributed by atoms with van der Waals surface area (Å²) >= 11 is 8.23. The summed E-state index contributed by atoms with van der Waals surface area (Å²) in [6, 6.07) is 12.9. The lowest BCUT2D eigenvalue weighted by molar-refractivity contribution is -0.143. The minimum atomic E-state index is -1.08. The molecule has 0 amide bonds. The molecule has 10 heteroatoms. The number of nitrogens with zero attached hydrogens (tertiary/aromatic N) is 1. The molecule has 8 nitrogen and oxygen atoms in total. The zero-order chi connectivity index (χ0) is 26.9. The van der Waals surface area contributed by atoms with Crippen molar-refractivity contribution in [2.75, 3.05) is 30.3 Å². The van der Waals surface area contributed by atoms with Gasteiger partial charge in [-0.25, -0.2) is 4.98 Å². The van der Waals surface area contributed by atoms with E-state index >= 15 is 0 Å². The lowest BCUT2D eigenvalue weighted by atomic mass is 10.0. The highest BCUT2D eigenvalue weighted by Gasteiger charge is 2.21. The number of halogens is 1. The zero-order valence-corrected chi connectivity index (χ0v) is 22.7. The Balaban J connectivity index is 0.000000368. The van der Waals surface area contributed by atoms with E-state index in [4.69, 9.17) is 26.8 Å². The van der Waals surface area contributed by atoms with Gasteiger partial charge in [0.15, 0.2) is 5.13 Å². The highest BCUT2D eigenvalue weighted by Crippen LogP contribution is 2.32. The second-order valence-electron chi connectivity index (χ2n) is 9.51. The molecule has 0 spiro atoms. The van der Waals surface area contributed by atoms with E-state index < -0.39 is 11.9 Å². The van der Waals surface area contributed by atoms with Gasteiger partial charge in [-0.15, -0.1) is 11.3 Å². The molecule has 1 aliphatic carbocycles. The van der Waals surface area contributed by atoms with E-state index in [2.05, 4.69) is 51.7 Å². The summed E-state index contributed by atoms with van der Waals surface area (Å²) in [5, 5.41) is 30.3. The molecule has 202 valence electrons. The quantitative estimate of drug-likeness (QED) is 0.221. The predicted octanol–water partition coefficient (Wildman–Crippen LogP) is 5.52. The number of hydrogen-bond acceptors (Lipinski definition) is 7. The number of nitrogens with one attached hydrogen (secondary N) is 3. The van der Waals surface area contributed by atoms with Gasteiger partial charge >= 0.3 is 11.9 Å². The number of carbonyl (C=O) groups is 2. The molecule has 2 aromatic carbocycles. The van der Waals surface area contributed by atoms with Crippen molar-refractivity contribution in [2.45, 2.75) is 45.1 Å². The first kappa shape index (κ1) is 27.9. The Morgan fingerprint density at radius 2 is 1.71 bits per heavy atom. The Labute approximate surface area is 231 Å². The molecule has 0 radical (unpaired) electrons. The third-order valence-electron chi connectivity index (χ3n) is 6.50. The number of thiazole rings is 1. The number of fused-ring (bicyclic) bond motifs is 1. The van der Waals surface area contributed by atoms with Crippen LogP contribution in [0.2, 0.25) is 5.02 Å². The number of carboxylic acids is 2. The Morgan fingerprint density at radius 1 is 1.00 bits per heavy atom. The summed E-state index contributed by atoms with van der Waals surface area (Å²) in [5.74, 6) is -1.30. The van der Waals surface area contributed by atoms with Gasteiger partial charge in [0.2, 0.25) is 0 Å². The van der Waals surface area contributed by atoms with Gasteiger partial charge < -0.3 is 26.2 Å². The van der Waals surface area contributed by atoms with Crippen molar-refractivity contribution in [3.63, 3.8) is 0 Å². The highest BCUT2D eigenvalue weighted by atomic mass is 35.5. The molecule has 1 saturated carbocycles. The van der Waals surface area contributed by atoms with Crippen molar-refractivity contribution >= 4 is 45.7 Å². The topological polar surface area (TPSA) is 124 Å². The Kier molecular flexibility index (Phi) is 9.98. The maximum Gasteiger partial charge on any atom is 0.303 e. The molecule has 3 aromatic rings. The summed E-state index contributed by atoms with van der Waals surface area (Å²) in [7, 11) is 0. The number of aliphatic carboxylic acids is 2. The van der Waals surface area contributed by atoms with E-state index in [-0.39, 0.29) is 12.8 Å². The van der Waals surface area contributed by atoms with E-state index in [9.17, 15) is 9.59 Å². The van der Waals surface area contributed by atoms with Crippen LogP contribution in [0.5, 0.6) is 0 Å². The molecule has 1 aliphatic heterocycles. The van der Waals surface area contributed by atoms with Crippen LogP contribution >= 0.6 is 22.9 Å². The number of aromatic nitrogens is 1. The average Bonchev–Trinajstić information content (AvgIpc) is 3.67. The first-order chi connectivity index (χ1) is 18.4. The minimum Gasteiger partial charge on any atom is -0.481 e. The monoisotopic (exact) mass is 556 g/mol. The fraction of sp³-hybridized carbons (Fsp3) is 0.393. The molecule has 2 heterocycles. The number of benzene rings is 2. The zero-order valence-electron chi connectivity index (χ0n) is 21.1. The van der Waals surface area contributed by atoms with Crippen LogP contribution in [-0.2, 0) is 29.0 Å². The summed E-state index contributed by atoms with van der Waals surface area (Å²) in [5.41, 5.74) is 7.29. The summed E-state index contributed by atoms with van der Waals surface area (Å²) in [6.07, 6.45) is 4.19. The third kappa shape index (κ3) is 8.44. The van der Waals surface area contributed by atoms with Crippen molar-refractivity contribution < 1.29 is 19.8 Å². The van der Waals surface area contributed by atoms with Crippen LogP contribution in [0.15, 0.2) is 41.8 Å². The Bertz CT molecular complexity index is 1230. The van der Waals surface area contributed by atoms with Crippen LogP contribution in [0, 0.1) is 5.92 Å². The summed E-state index contributed by atoms with van der Waals surface area (Å²) in [4.78, 5) is 24.0. The van der Waals surface area contributed by atoms with Crippen molar-refractivity contribution in [1.29, 1.82) is 0 Å². The van der Waals surface area contributed by atoms with E-state index in [1.807, 2.05) is 6.07 Å². The smallest absolute Gasteiger partial charge is 0.303 e. The van der Waals surface area contributed by atoms with Gasteiger partial charge in [-0.2, -0.15) is 0 Å². The molecule has 1 fully saturated rings. The average molecular weight is 557 g/mol. The molecular formula is C28H33ClN4O4S. The first-order valence-electron chi connectivity index (χ1n) is 12.9. The van der Waals surface area contributed by atoms with Crippen molar-refractivity contribution in [3.8, 4) is 11.3 Å². The molecule has 38 heavy (non-hydrogen) atoms. The van der Waals surface area contributed by atoms with Crippen LogP contribution in [0.3, 0.4) is 0 Å². The van der Waals surface area contributed by atoms with Crippen LogP contribution < -0.4 is 16.0 Å². The fourth-order valence-electron chi connectivity index (χ4n) is 4.17. The van der Waals surface area contributed by atoms with E-state index in [0.29, 0.717) is 0 Å². The van der Waals surface area contributed by atoms with Crippen LogP contribution in [0.1, 0.15) is 42.4 Å². The summed E-state index contributed by atoms with van der Waals surface area (Å²) < 4.78 is 0. The number of carboxylic acid groups (broad SMARTS) is 2. The normalized spacial score (nSPS) is 14.4. The van der Waals surface area contributed by atoms with Gasteiger partial charge in [-0.1, -0.05) is 41.9 Å². The molecule has 5 N–H and O–H groups in total. The summed E-state index contributed by atoms with van der Waals surface area (Å²) in [6.45, 7) is 3.85. The minimum absolute atomic E-state index is 0.296. The van der Waals surface area contributed by atoms with Gasteiger partial charge in [-0.3, -0.25) is 9.59 Å². The van der Waals surface area contributed by atoms with Crippen molar-refractivity contribution in [1.82, 2.24) is 10.3 Å². The van der Waals surface area contributed by atoms with Crippen molar-refractivity contribution in [3.05, 3.63) is 63.5 Å². The van der Waals surface area contributed by atoms with E-state index in [1.54, 1.807) is 11.3 Å². The lowest BCUT2D eigenvalue weighted by Gasteiger charge is -2.16. The van der Waals surface area contributed by atoms with Gasteiger partial charge in [0.05, 0.1) is 29.2 Å². The molecular weight excluding hydrogens is 524 g/mol. The second-order valence-corrected chi connectivity index (χ2v) is 10.8. The molecule has 5 rings (SSSR count). The standard InChI is InChI=1S/C24H27ClN4S.C4H6O4/c25-21-8-7-18-9-11-26-12-10-20(18)23(21)27-13-17-3-5-19(6-4-17)22-15-30-24(29-22)28-14-16-1-2-16;5-3(6)1-2-4(7)8/h3-8,15-16,26-27H,1-2,9-14H2,(H,28,29);1-2H2,(H,5,6)(H,7,8). The largest absolute Gasteiger partial charge is 0.481 e. The highest BCUT2D eigenvalue weighted by molar-refractivity contribution is 7.14. The van der Waals surface area contributed by atoms with Crippen molar-refractivity contribution in [2.24, 2.45) is 5.92 Å². The predicted molar refractivity (Wildman–Crippen MR) is 152 cm³/mol. The second kappa shape index (κ2) is 13.6. The fourth-order valence-corrected chi connectivity index (χ4v) is 5.15. The van der Waals surface area contributed by atoms with Gasteiger partial charge in [0, 0.05) is 24.0 Å². The molecule has 0 unspecified atom stereocenters. The number of anilines is 2. The SMILES string of the molecule is Clc1ccc2c(c1NCc1ccc(-c3csc(NCC4CC4)n3)cc1)CCNCC2.O=C(O)CCC(=O)O. The maximum absolute atomic E-state index is 9.64. The van der Waals surface area contributed by atoms with Gasteiger partial charge in [0.25, 0.3) is 0 Å². The van der Waals surface area contributed by atoms with Gasteiger partial charge in [0.1, 0.15) is 0 Å². The first-order valence-corrected chi connectivity index (χ1v) is 14.1. The molecule has 2 aliphatic rings. The van der Waals surface area contributed by atoms with Crippen LogP contribution in [-0.4, -0.2) is 46.8 Å². The maximum atomic E-state index is 9.64. The lowest BCUT2D eigenvalue weighted by Crippen LogP contribution is -2.16. The van der Waals surface area contributed by atoms with Crippen LogP contribution in [0.4, 0.5) is 10.8 Å². The van der Waals surface area contributed by atoms with Gasteiger partial charge in [-0.05, 0) is 67.4 Å². The molecule has 0 saturated heterocycles. The van der Waals surface area contributed by atoms with Crippen LogP contribution in [0.25, 0.3) is 11.3 Å². The third-order valence-corrected chi connectivity index (χ3v) is 7.61. The van der Waals surface area contributed by atoms with E-state index in [0.717, 1.165) is 72.0 Å². The molecule has 0 atom stereocenters. The Hall–Kier alpha value is -3.14. The van der Waals surface area contributed by atoms with E-state index in [1.165, 1.54) is 29.5 Å². The number of hydrogen-bond donors (Lipinski definition) is 5. The molecule has 0 bridgehead atoms.